The number of aromatic nitrogens is 2. The Bertz CT molecular complexity index is 1120. The van der Waals surface area contributed by atoms with Gasteiger partial charge in [0.2, 0.25) is 0 Å². The van der Waals surface area contributed by atoms with E-state index in [-0.39, 0.29) is 23.8 Å². The van der Waals surface area contributed by atoms with E-state index in [0.717, 1.165) is 11.7 Å². The van der Waals surface area contributed by atoms with Crippen molar-refractivity contribution in [3.05, 3.63) is 34.0 Å². The first-order valence-electron chi connectivity index (χ1n) is 12.5. The van der Waals surface area contributed by atoms with Crippen LogP contribution < -0.4 is 10.2 Å². The first-order chi connectivity index (χ1) is 17.2. The number of aryl methyl sites for hydroxylation is 1. The molecule has 2 heterocycles. The van der Waals surface area contributed by atoms with Gasteiger partial charge in [0.15, 0.2) is 5.69 Å². The first kappa shape index (κ1) is 28.6. The Labute approximate surface area is 219 Å². The number of amides is 1. The summed E-state index contributed by atoms with van der Waals surface area (Å²) in [6.45, 7) is 16.9. The summed E-state index contributed by atoms with van der Waals surface area (Å²) >= 11 is 0. The van der Waals surface area contributed by atoms with Gasteiger partial charge in [-0.3, -0.25) is 15.4 Å². The minimum Gasteiger partial charge on any atom is -0.444 e. The topological polar surface area (TPSA) is 121 Å². The van der Waals surface area contributed by atoms with E-state index in [9.17, 15) is 14.9 Å². The van der Waals surface area contributed by atoms with Gasteiger partial charge in [0, 0.05) is 39.0 Å². The molecule has 1 saturated heterocycles. The third-order valence-electron chi connectivity index (χ3n) is 5.76. The van der Waals surface area contributed by atoms with Crippen molar-refractivity contribution in [3.63, 3.8) is 0 Å². The standard InChI is InChI=1S/C25H39N5O6Si/c1-18-22(30(32)33)23(29(27-18)17-35-14-15-37(5,6)7)20-16-19(28-10-12-34-13-11-28)8-9-21(20)26-24(31)36-25(2,3)4/h8-9,16H,10-15,17H2,1-7H3,(H,26,31). The Morgan fingerprint density at radius 2 is 1.92 bits per heavy atom. The van der Waals surface area contributed by atoms with Crippen molar-refractivity contribution in [2.45, 2.75) is 65.7 Å². The van der Waals surface area contributed by atoms with Crippen LogP contribution in [0.15, 0.2) is 18.2 Å². The molecule has 0 radical (unpaired) electrons. The van der Waals surface area contributed by atoms with Gasteiger partial charge in [-0.15, -0.1) is 0 Å². The Kier molecular flexibility index (Phi) is 8.98. The molecule has 1 N–H and O–H groups in total. The van der Waals surface area contributed by atoms with Crippen molar-refractivity contribution in [2.75, 3.05) is 43.1 Å². The average Bonchev–Trinajstić information content (AvgIpc) is 3.11. The second kappa shape index (κ2) is 11.6. The molecule has 0 unspecified atom stereocenters. The lowest BCUT2D eigenvalue weighted by Gasteiger charge is -2.29. The summed E-state index contributed by atoms with van der Waals surface area (Å²) in [6, 6.07) is 6.43. The van der Waals surface area contributed by atoms with Crippen LogP contribution in [-0.2, 0) is 20.9 Å². The van der Waals surface area contributed by atoms with Crippen LogP contribution in [0.25, 0.3) is 11.3 Å². The molecule has 1 amide bonds. The molecular formula is C25H39N5O6Si. The summed E-state index contributed by atoms with van der Waals surface area (Å²) in [5.74, 6) is 0. The van der Waals surface area contributed by atoms with Gasteiger partial charge in [-0.05, 0) is 51.9 Å². The van der Waals surface area contributed by atoms with Crippen LogP contribution in [0.5, 0.6) is 0 Å². The maximum atomic E-state index is 12.7. The zero-order chi connectivity index (χ0) is 27.4. The first-order valence-corrected chi connectivity index (χ1v) is 16.2. The van der Waals surface area contributed by atoms with Crippen LogP contribution in [0.2, 0.25) is 25.7 Å². The fraction of sp³-hybridized carbons (Fsp3) is 0.600. The largest absolute Gasteiger partial charge is 0.444 e. The molecule has 0 aliphatic carbocycles. The molecule has 1 aromatic carbocycles. The lowest BCUT2D eigenvalue weighted by Crippen LogP contribution is -2.36. The van der Waals surface area contributed by atoms with Crippen molar-refractivity contribution in [1.29, 1.82) is 0 Å². The lowest BCUT2D eigenvalue weighted by molar-refractivity contribution is -0.384. The summed E-state index contributed by atoms with van der Waals surface area (Å²) in [5, 5.41) is 19.4. The second-order valence-corrected chi connectivity index (χ2v) is 17.0. The predicted octanol–water partition coefficient (Wildman–Crippen LogP) is 5.26. The second-order valence-electron chi connectivity index (χ2n) is 11.3. The summed E-state index contributed by atoms with van der Waals surface area (Å²) in [5.41, 5.74) is 1.44. The van der Waals surface area contributed by atoms with Crippen LogP contribution in [0.3, 0.4) is 0 Å². The molecule has 1 aromatic heterocycles. The SMILES string of the molecule is Cc1nn(COCC[Si](C)(C)C)c(-c2cc(N3CCOCC3)ccc2NC(=O)OC(C)(C)C)c1[N+](=O)[O-]. The summed E-state index contributed by atoms with van der Waals surface area (Å²) in [6.07, 6.45) is -0.648. The van der Waals surface area contributed by atoms with Gasteiger partial charge in [0.1, 0.15) is 18.0 Å². The van der Waals surface area contributed by atoms with E-state index in [0.29, 0.717) is 44.2 Å². The maximum absolute atomic E-state index is 12.7. The highest BCUT2D eigenvalue weighted by Gasteiger charge is 2.30. The monoisotopic (exact) mass is 533 g/mol. The van der Waals surface area contributed by atoms with Gasteiger partial charge in [-0.2, -0.15) is 5.10 Å². The highest BCUT2D eigenvalue weighted by atomic mass is 28.3. The summed E-state index contributed by atoms with van der Waals surface area (Å²) < 4.78 is 18.4. The van der Waals surface area contributed by atoms with E-state index in [1.165, 1.54) is 4.68 Å². The van der Waals surface area contributed by atoms with E-state index >= 15 is 0 Å². The van der Waals surface area contributed by atoms with Gasteiger partial charge in [-0.1, -0.05) is 19.6 Å². The zero-order valence-corrected chi connectivity index (χ0v) is 23.9. The number of nitrogens with one attached hydrogen (secondary N) is 1. The number of carbonyl (C=O) groups excluding carboxylic acids is 1. The molecule has 11 nitrogen and oxygen atoms in total. The highest BCUT2D eigenvalue weighted by molar-refractivity contribution is 6.76. The van der Waals surface area contributed by atoms with Gasteiger partial charge in [-0.25, -0.2) is 9.48 Å². The number of benzene rings is 1. The Hall–Kier alpha value is -2.96. The molecule has 1 aliphatic heterocycles. The third kappa shape index (κ3) is 8.01. The Morgan fingerprint density at radius 3 is 2.51 bits per heavy atom. The minimum atomic E-state index is -1.31. The molecule has 0 saturated carbocycles. The van der Waals surface area contributed by atoms with Crippen LogP contribution in [-0.4, -0.2) is 67.4 Å². The Balaban J connectivity index is 2.07. The number of rotatable bonds is 9. The lowest BCUT2D eigenvalue weighted by atomic mass is 10.1. The van der Waals surface area contributed by atoms with Crippen molar-refractivity contribution in [1.82, 2.24) is 9.78 Å². The molecule has 0 atom stereocenters. The molecule has 1 fully saturated rings. The van der Waals surface area contributed by atoms with E-state index in [4.69, 9.17) is 14.2 Å². The predicted molar refractivity (Wildman–Crippen MR) is 146 cm³/mol. The molecular weight excluding hydrogens is 494 g/mol. The molecule has 204 valence electrons. The van der Waals surface area contributed by atoms with Gasteiger partial charge in [0.05, 0.1) is 23.8 Å². The van der Waals surface area contributed by atoms with Crippen LogP contribution in [0.4, 0.5) is 21.9 Å². The van der Waals surface area contributed by atoms with Gasteiger partial charge < -0.3 is 19.1 Å². The molecule has 0 spiro atoms. The molecule has 2 aromatic rings. The normalized spacial score (nSPS) is 14.5. The molecule has 1 aliphatic rings. The number of hydrogen-bond donors (Lipinski definition) is 1. The molecule has 12 heteroatoms. The molecule has 37 heavy (non-hydrogen) atoms. The van der Waals surface area contributed by atoms with Crippen molar-refractivity contribution in [2.24, 2.45) is 0 Å². The van der Waals surface area contributed by atoms with Gasteiger partial charge >= 0.3 is 11.8 Å². The summed E-state index contributed by atoms with van der Waals surface area (Å²) in [4.78, 5) is 26.6. The van der Waals surface area contributed by atoms with Crippen LogP contribution in [0, 0.1) is 17.0 Å². The molecule has 3 rings (SSSR count). The zero-order valence-electron chi connectivity index (χ0n) is 22.9. The number of nitro groups is 1. The number of ether oxygens (including phenoxy) is 3. The fourth-order valence-electron chi connectivity index (χ4n) is 3.95. The quantitative estimate of drug-likeness (QED) is 0.200. The van der Waals surface area contributed by atoms with Gasteiger partial charge in [0.25, 0.3) is 0 Å². The summed E-state index contributed by atoms with van der Waals surface area (Å²) in [7, 11) is -1.31. The number of hydrogen-bond acceptors (Lipinski definition) is 8. The number of morpholine rings is 1. The smallest absolute Gasteiger partial charge is 0.412 e. The third-order valence-corrected chi connectivity index (χ3v) is 7.46. The number of anilines is 2. The number of nitrogens with zero attached hydrogens (tertiary/aromatic N) is 4. The van der Waals surface area contributed by atoms with Crippen LogP contribution >= 0.6 is 0 Å². The average molecular weight is 534 g/mol. The van der Waals surface area contributed by atoms with E-state index in [1.54, 1.807) is 33.8 Å². The van der Waals surface area contributed by atoms with Crippen molar-refractivity contribution >= 4 is 31.2 Å². The Morgan fingerprint density at radius 1 is 1.24 bits per heavy atom. The van der Waals surface area contributed by atoms with Crippen molar-refractivity contribution in [3.8, 4) is 11.3 Å². The van der Waals surface area contributed by atoms with E-state index in [2.05, 4.69) is 35.0 Å². The maximum Gasteiger partial charge on any atom is 0.412 e. The number of carbonyl (C=O) groups is 1. The van der Waals surface area contributed by atoms with Crippen LogP contribution in [0.1, 0.15) is 26.5 Å². The van der Waals surface area contributed by atoms with Crippen molar-refractivity contribution < 1.29 is 23.9 Å². The van der Waals surface area contributed by atoms with E-state index < -0.39 is 24.7 Å². The molecule has 0 bridgehead atoms. The van der Waals surface area contributed by atoms with E-state index in [1.807, 2.05) is 12.1 Å². The highest BCUT2D eigenvalue weighted by Crippen LogP contribution is 2.39. The minimum absolute atomic E-state index is 0.0577. The fourth-order valence-corrected chi connectivity index (χ4v) is 4.71.